The fourth-order valence-electron chi connectivity index (χ4n) is 2.18. The molecular formula is C13H18N4. The zero-order chi connectivity index (χ0) is 12.5. The molecule has 0 aromatic carbocycles. The minimum Gasteiger partial charge on any atom is -0.354 e. The Kier molecular flexibility index (Phi) is 3.03. The van der Waals surface area contributed by atoms with Gasteiger partial charge in [-0.3, -0.25) is 0 Å². The predicted octanol–water partition coefficient (Wildman–Crippen LogP) is 1.45. The van der Waals surface area contributed by atoms with Crippen LogP contribution < -0.4 is 10.2 Å². The van der Waals surface area contributed by atoms with Crippen molar-refractivity contribution in [3.63, 3.8) is 0 Å². The number of hydrogen-bond acceptors (Lipinski definition) is 4. The number of hydrogen-bond donors (Lipinski definition) is 1. The molecule has 17 heavy (non-hydrogen) atoms. The maximum atomic E-state index is 8.89. The van der Waals surface area contributed by atoms with E-state index in [0.717, 1.165) is 31.1 Å². The fourth-order valence-corrected chi connectivity index (χ4v) is 2.18. The normalized spacial score (nSPS) is 18.8. The minimum atomic E-state index is 0.113. The molecule has 0 aliphatic carbocycles. The van der Waals surface area contributed by atoms with Crippen LogP contribution in [0, 0.1) is 18.3 Å². The van der Waals surface area contributed by atoms with Gasteiger partial charge in [-0.25, -0.2) is 4.98 Å². The molecular weight excluding hydrogens is 212 g/mol. The highest BCUT2D eigenvalue weighted by atomic mass is 15.3. The van der Waals surface area contributed by atoms with Crippen molar-refractivity contribution in [2.24, 2.45) is 0 Å². The Labute approximate surface area is 102 Å². The Morgan fingerprint density at radius 1 is 1.47 bits per heavy atom. The summed E-state index contributed by atoms with van der Waals surface area (Å²) in [5.41, 5.74) is 1.58. The number of nitrogens with one attached hydrogen (secondary N) is 1. The van der Waals surface area contributed by atoms with Crippen molar-refractivity contribution >= 4 is 5.82 Å². The van der Waals surface area contributed by atoms with Crippen LogP contribution >= 0.6 is 0 Å². The average Bonchev–Trinajstić information content (AvgIpc) is 2.27. The molecule has 0 unspecified atom stereocenters. The van der Waals surface area contributed by atoms with Gasteiger partial charge in [-0.05, 0) is 32.9 Å². The highest BCUT2D eigenvalue weighted by Crippen LogP contribution is 2.19. The maximum absolute atomic E-state index is 8.89. The van der Waals surface area contributed by atoms with Gasteiger partial charge in [-0.1, -0.05) is 0 Å². The first-order valence-corrected chi connectivity index (χ1v) is 5.89. The van der Waals surface area contributed by atoms with E-state index in [0.29, 0.717) is 5.56 Å². The Bertz CT molecular complexity index is 459. The van der Waals surface area contributed by atoms with Crippen LogP contribution in [0.2, 0.25) is 0 Å². The van der Waals surface area contributed by atoms with Crippen molar-refractivity contribution in [1.82, 2.24) is 10.3 Å². The average molecular weight is 230 g/mol. The Morgan fingerprint density at radius 2 is 2.24 bits per heavy atom. The summed E-state index contributed by atoms with van der Waals surface area (Å²) in [7, 11) is 0. The van der Waals surface area contributed by atoms with Gasteiger partial charge in [0, 0.05) is 25.2 Å². The molecule has 0 amide bonds. The lowest BCUT2D eigenvalue weighted by molar-refractivity contribution is 0.351. The van der Waals surface area contributed by atoms with Crippen molar-refractivity contribution in [1.29, 1.82) is 5.26 Å². The number of aryl methyl sites for hydroxylation is 1. The van der Waals surface area contributed by atoms with Gasteiger partial charge in [-0.15, -0.1) is 0 Å². The third-order valence-corrected chi connectivity index (χ3v) is 3.09. The Morgan fingerprint density at radius 3 is 2.82 bits per heavy atom. The number of pyridine rings is 1. The number of rotatable bonds is 1. The van der Waals surface area contributed by atoms with Crippen LogP contribution in [0.5, 0.6) is 0 Å². The molecule has 2 rings (SSSR count). The molecule has 90 valence electrons. The van der Waals surface area contributed by atoms with Crippen LogP contribution in [0.15, 0.2) is 12.1 Å². The van der Waals surface area contributed by atoms with E-state index in [9.17, 15) is 0 Å². The van der Waals surface area contributed by atoms with E-state index in [1.807, 2.05) is 19.1 Å². The quantitative estimate of drug-likeness (QED) is 0.793. The van der Waals surface area contributed by atoms with Crippen molar-refractivity contribution in [2.45, 2.75) is 26.3 Å². The standard InChI is InChI=1S/C13H18N4/c1-10-11(8-14)4-5-12(16-10)17-7-6-15-13(2,3)9-17/h4-5,15H,6-7,9H2,1-3H3. The molecule has 1 aromatic rings. The van der Waals surface area contributed by atoms with Gasteiger partial charge in [-0.2, -0.15) is 5.26 Å². The molecule has 0 atom stereocenters. The first kappa shape index (κ1) is 11.9. The monoisotopic (exact) mass is 230 g/mol. The zero-order valence-corrected chi connectivity index (χ0v) is 10.6. The summed E-state index contributed by atoms with van der Waals surface area (Å²) in [6, 6.07) is 5.94. The largest absolute Gasteiger partial charge is 0.354 e. The van der Waals surface area contributed by atoms with Crippen LogP contribution in [0.1, 0.15) is 25.1 Å². The molecule has 1 aliphatic heterocycles. The Hall–Kier alpha value is -1.60. The minimum absolute atomic E-state index is 0.113. The van der Waals surface area contributed by atoms with E-state index in [1.165, 1.54) is 0 Å². The van der Waals surface area contributed by atoms with E-state index in [4.69, 9.17) is 5.26 Å². The highest BCUT2D eigenvalue weighted by Gasteiger charge is 2.26. The van der Waals surface area contributed by atoms with Gasteiger partial charge in [0.1, 0.15) is 11.9 Å². The van der Waals surface area contributed by atoms with Crippen LogP contribution in [-0.2, 0) is 0 Å². The van der Waals surface area contributed by atoms with E-state index in [2.05, 4.69) is 35.1 Å². The van der Waals surface area contributed by atoms with Gasteiger partial charge < -0.3 is 10.2 Å². The summed E-state index contributed by atoms with van der Waals surface area (Å²) in [6.45, 7) is 9.13. The number of nitriles is 1. The molecule has 4 nitrogen and oxygen atoms in total. The molecule has 0 saturated carbocycles. The third-order valence-electron chi connectivity index (χ3n) is 3.09. The summed E-state index contributed by atoms with van der Waals surface area (Å²) in [4.78, 5) is 6.78. The molecule has 0 radical (unpaired) electrons. The number of piperazine rings is 1. The highest BCUT2D eigenvalue weighted by molar-refractivity contribution is 5.46. The zero-order valence-electron chi connectivity index (χ0n) is 10.6. The fraction of sp³-hybridized carbons (Fsp3) is 0.538. The first-order valence-electron chi connectivity index (χ1n) is 5.89. The number of anilines is 1. The summed E-state index contributed by atoms with van der Waals surface area (Å²) >= 11 is 0. The van der Waals surface area contributed by atoms with Gasteiger partial charge in [0.25, 0.3) is 0 Å². The lowest BCUT2D eigenvalue weighted by Crippen LogP contribution is -2.57. The van der Waals surface area contributed by atoms with Crippen LogP contribution in [0.3, 0.4) is 0 Å². The topological polar surface area (TPSA) is 52.0 Å². The predicted molar refractivity (Wildman–Crippen MR) is 68.0 cm³/mol. The second kappa shape index (κ2) is 4.34. The molecule has 1 aromatic heterocycles. The van der Waals surface area contributed by atoms with Crippen LogP contribution in [-0.4, -0.2) is 30.2 Å². The van der Waals surface area contributed by atoms with Crippen molar-refractivity contribution in [3.05, 3.63) is 23.4 Å². The van der Waals surface area contributed by atoms with Gasteiger partial charge in [0.05, 0.1) is 11.3 Å². The molecule has 1 fully saturated rings. The lowest BCUT2D eigenvalue weighted by Gasteiger charge is -2.39. The Balaban J connectivity index is 2.23. The van der Waals surface area contributed by atoms with Crippen molar-refractivity contribution in [2.75, 3.05) is 24.5 Å². The first-order chi connectivity index (χ1) is 8.02. The lowest BCUT2D eigenvalue weighted by atomic mass is 10.0. The molecule has 2 heterocycles. The summed E-state index contributed by atoms with van der Waals surface area (Å²) < 4.78 is 0. The molecule has 1 saturated heterocycles. The van der Waals surface area contributed by atoms with Gasteiger partial charge in [0.15, 0.2) is 0 Å². The van der Waals surface area contributed by atoms with Gasteiger partial charge >= 0.3 is 0 Å². The van der Waals surface area contributed by atoms with E-state index >= 15 is 0 Å². The summed E-state index contributed by atoms with van der Waals surface area (Å²) in [6.07, 6.45) is 0. The number of nitrogens with zero attached hydrogens (tertiary/aromatic N) is 3. The SMILES string of the molecule is Cc1nc(N2CCNC(C)(C)C2)ccc1C#N. The summed E-state index contributed by atoms with van der Waals surface area (Å²) in [5, 5.41) is 12.4. The van der Waals surface area contributed by atoms with Crippen molar-refractivity contribution in [3.8, 4) is 6.07 Å². The second-order valence-electron chi connectivity index (χ2n) is 5.15. The van der Waals surface area contributed by atoms with E-state index in [1.54, 1.807) is 0 Å². The summed E-state index contributed by atoms with van der Waals surface area (Å²) in [5.74, 6) is 0.969. The smallest absolute Gasteiger partial charge is 0.128 e. The van der Waals surface area contributed by atoms with Gasteiger partial charge in [0.2, 0.25) is 0 Å². The van der Waals surface area contributed by atoms with E-state index < -0.39 is 0 Å². The molecule has 1 aliphatic rings. The second-order valence-corrected chi connectivity index (χ2v) is 5.15. The van der Waals surface area contributed by atoms with Crippen molar-refractivity contribution < 1.29 is 0 Å². The molecule has 4 heteroatoms. The molecule has 0 bridgehead atoms. The molecule has 0 spiro atoms. The van der Waals surface area contributed by atoms with Crippen LogP contribution in [0.25, 0.3) is 0 Å². The van der Waals surface area contributed by atoms with Crippen LogP contribution in [0.4, 0.5) is 5.82 Å². The third kappa shape index (κ3) is 2.56. The van der Waals surface area contributed by atoms with E-state index in [-0.39, 0.29) is 5.54 Å². The molecule has 1 N–H and O–H groups in total. The maximum Gasteiger partial charge on any atom is 0.128 e. The number of aromatic nitrogens is 1.